The van der Waals surface area contributed by atoms with E-state index < -0.39 is 0 Å². The molecule has 5 heteroatoms. The van der Waals surface area contributed by atoms with Crippen LogP contribution in [0.1, 0.15) is 18.1 Å². The Kier molecular flexibility index (Phi) is 4.31. The molecule has 1 heterocycles. The van der Waals surface area contributed by atoms with Gasteiger partial charge in [0.1, 0.15) is 0 Å². The van der Waals surface area contributed by atoms with Gasteiger partial charge >= 0.3 is 5.97 Å². The fourth-order valence-electron chi connectivity index (χ4n) is 2.75. The number of carbonyl (C=O) groups is 1. The molecule has 1 aromatic rings. The van der Waals surface area contributed by atoms with Crippen LogP contribution < -0.4 is 4.90 Å². The molecule has 1 saturated heterocycles. The van der Waals surface area contributed by atoms with Crippen LogP contribution in [0.5, 0.6) is 0 Å². The Balaban J connectivity index is 1.86. The standard InChI is InChI=1S/C16H18BrNO3/c1-2-21-16(19)13-7-11-9-14(17)15(10-12(11)8-13)18-3-5-20-6-4-18/h8-10H,2-7H2,1H3. The molecule has 0 amide bonds. The van der Waals surface area contributed by atoms with Crippen LogP contribution in [0.2, 0.25) is 0 Å². The fourth-order valence-corrected chi connectivity index (χ4v) is 3.39. The first-order chi connectivity index (χ1) is 10.2. The molecule has 3 rings (SSSR count). The first kappa shape index (κ1) is 14.6. The van der Waals surface area contributed by atoms with Crippen LogP contribution in [0.15, 0.2) is 22.2 Å². The summed E-state index contributed by atoms with van der Waals surface area (Å²) in [5, 5.41) is 0. The zero-order valence-electron chi connectivity index (χ0n) is 12.0. The monoisotopic (exact) mass is 351 g/mol. The van der Waals surface area contributed by atoms with Crippen molar-refractivity contribution in [2.75, 3.05) is 37.8 Å². The second-order valence-corrected chi connectivity index (χ2v) is 6.02. The maximum absolute atomic E-state index is 11.9. The molecular formula is C16H18BrNO3. The topological polar surface area (TPSA) is 38.8 Å². The fraction of sp³-hybridized carbons (Fsp3) is 0.438. The van der Waals surface area contributed by atoms with Gasteiger partial charge in [0.05, 0.1) is 25.5 Å². The lowest BCUT2D eigenvalue weighted by atomic mass is 10.1. The van der Waals surface area contributed by atoms with Gasteiger partial charge in [-0.2, -0.15) is 0 Å². The molecule has 1 aliphatic carbocycles. The molecule has 112 valence electrons. The normalized spacial score (nSPS) is 17.4. The highest BCUT2D eigenvalue weighted by atomic mass is 79.9. The van der Waals surface area contributed by atoms with Crippen molar-refractivity contribution in [1.29, 1.82) is 0 Å². The van der Waals surface area contributed by atoms with Crippen LogP contribution in [0.4, 0.5) is 5.69 Å². The summed E-state index contributed by atoms with van der Waals surface area (Å²) in [4.78, 5) is 14.2. The Morgan fingerprint density at radius 1 is 1.38 bits per heavy atom. The number of hydrogen-bond donors (Lipinski definition) is 0. The van der Waals surface area contributed by atoms with Gasteiger partial charge in [-0.15, -0.1) is 0 Å². The molecule has 0 bridgehead atoms. The lowest BCUT2D eigenvalue weighted by Gasteiger charge is -2.30. The molecule has 0 saturated carbocycles. The van der Waals surface area contributed by atoms with Gasteiger partial charge in [-0.1, -0.05) is 0 Å². The van der Waals surface area contributed by atoms with Gasteiger partial charge in [0, 0.05) is 29.6 Å². The Morgan fingerprint density at radius 3 is 2.86 bits per heavy atom. The third kappa shape index (κ3) is 2.99. The van der Waals surface area contributed by atoms with Gasteiger partial charge in [0.25, 0.3) is 0 Å². The van der Waals surface area contributed by atoms with Crippen molar-refractivity contribution < 1.29 is 14.3 Å². The summed E-state index contributed by atoms with van der Waals surface area (Å²) in [5.41, 5.74) is 4.18. The molecular weight excluding hydrogens is 334 g/mol. The molecule has 1 aliphatic heterocycles. The van der Waals surface area contributed by atoms with Crippen molar-refractivity contribution in [3.8, 4) is 0 Å². The molecule has 1 fully saturated rings. The average molecular weight is 352 g/mol. The maximum Gasteiger partial charge on any atom is 0.334 e. The van der Waals surface area contributed by atoms with Crippen molar-refractivity contribution in [2.45, 2.75) is 13.3 Å². The minimum absolute atomic E-state index is 0.210. The smallest absolute Gasteiger partial charge is 0.334 e. The quantitative estimate of drug-likeness (QED) is 0.785. The highest BCUT2D eigenvalue weighted by Gasteiger charge is 2.22. The van der Waals surface area contributed by atoms with Crippen LogP contribution in [-0.2, 0) is 20.7 Å². The molecule has 0 spiro atoms. The zero-order chi connectivity index (χ0) is 14.8. The Labute approximate surface area is 132 Å². The van der Waals surface area contributed by atoms with Gasteiger partial charge in [-0.25, -0.2) is 4.79 Å². The summed E-state index contributed by atoms with van der Waals surface area (Å²) in [6.45, 7) is 5.54. The Hall–Kier alpha value is -1.33. The number of carbonyl (C=O) groups excluding carboxylic acids is 1. The van der Waals surface area contributed by atoms with E-state index in [9.17, 15) is 4.79 Å². The van der Waals surface area contributed by atoms with E-state index in [-0.39, 0.29) is 5.97 Å². The number of anilines is 1. The molecule has 0 N–H and O–H groups in total. The van der Waals surface area contributed by atoms with Crippen molar-refractivity contribution >= 4 is 33.7 Å². The minimum atomic E-state index is -0.210. The van der Waals surface area contributed by atoms with Gasteiger partial charge < -0.3 is 14.4 Å². The van der Waals surface area contributed by atoms with E-state index in [1.165, 1.54) is 11.3 Å². The highest BCUT2D eigenvalue weighted by Crippen LogP contribution is 2.35. The molecule has 0 unspecified atom stereocenters. The summed E-state index contributed by atoms with van der Waals surface area (Å²) >= 11 is 3.65. The van der Waals surface area contributed by atoms with Crippen molar-refractivity contribution in [3.63, 3.8) is 0 Å². The predicted molar refractivity (Wildman–Crippen MR) is 85.5 cm³/mol. The van der Waals surface area contributed by atoms with Crippen molar-refractivity contribution in [1.82, 2.24) is 0 Å². The number of fused-ring (bicyclic) bond motifs is 1. The van der Waals surface area contributed by atoms with E-state index in [1.54, 1.807) is 0 Å². The SMILES string of the molecule is CCOC(=O)C1=Cc2cc(N3CCOCC3)c(Br)cc2C1. The van der Waals surface area contributed by atoms with Crippen LogP contribution in [-0.4, -0.2) is 38.9 Å². The van der Waals surface area contributed by atoms with E-state index in [1.807, 2.05) is 13.0 Å². The molecule has 0 radical (unpaired) electrons. The van der Waals surface area contributed by atoms with Gasteiger partial charge in [0.15, 0.2) is 0 Å². The van der Waals surface area contributed by atoms with E-state index in [4.69, 9.17) is 9.47 Å². The minimum Gasteiger partial charge on any atom is -0.463 e. The van der Waals surface area contributed by atoms with Crippen LogP contribution >= 0.6 is 15.9 Å². The molecule has 0 aromatic heterocycles. The second kappa shape index (κ2) is 6.20. The Bertz CT molecular complexity index is 591. The third-order valence-electron chi connectivity index (χ3n) is 3.81. The Morgan fingerprint density at radius 2 is 2.14 bits per heavy atom. The van der Waals surface area contributed by atoms with E-state index in [0.717, 1.165) is 41.9 Å². The summed E-state index contributed by atoms with van der Waals surface area (Å²) in [7, 11) is 0. The molecule has 1 aromatic carbocycles. The second-order valence-electron chi connectivity index (χ2n) is 5.17. The first-order valence-corrected chi connectivity index (χ1v) is 8.01. The van der Waals surface area contributed by atoms with Gasteiger partial charge in [-0.05, 0) is 52.2 Å². The molecule has 4 nitrogen and oxygen atoms in total. The molecule has 2 aliphatic rings. The number of rotatable bonds is 3. The number of morpholine rings is 1. The van der Waals surface area contributed by atoms with Gasteiger partial charge in [0.2, 0.25) is 0 Å². The van der Waals surface area contributed by atoms with Gasteiger partial charge in [-0.3, -0.25) is 0 Å². The number of nitrogens with zero attached hydrogens (tertiary/aromatic N) is 1. The summed E-state index contributed by atoms with van der Waals surface area (Å²) < 4.78 is 11.6. The van der Waals surface area contributed by atoms with E-state index in [2.05, 4.69) is 33.0 Å². The summed E-state index contributed by atoms with van der Waals surface area (Å²) in [5.74, 6) is -0.210. The average Bonchev–Trinajstić information content (AvgIpc) is 2.90. The summed E-state index contributed by atoms with van der Waals surface area (Å²) in [6, 6.07) is 4.26. The zero-order valence-corrected chi connectivity index (χ0v) is 13.6. The maximum atomic E-state index is 11.9. The number of ether oxygens (including phenoxy) is 2. The van der Waals surface area contributed by atoms with Crippen molar-refractivity contribution in [3.05, 3.63) is 33.3 Å². The number of benzene rings is 1. The van der Waals surface area contributed by atoms with Crippen LogP contribution in [0.3, 0.4) is 0 Å². The largest absolute Gasteiger partial charge is 0.463 e. The third-order valence-corrected chi connectivity index (χ3v) is 4.44. The number of halogens is 1. The number of esters is 1. The van der Waals surface area contributed by atoms with Crippen LogP contribution in [0.25, 0.3) is 6.08 Å². The summed E-state index contributed by atoms with van der Waals surface area (Å²) in [6.07, 6.45) is 2.60. The number of hydrogen-bond acceptors (Lipinski definition) is 4. The van der Waals surface area contributed by atoms with E-state index >= 15 is 0 Å². The van der Waals surface area contributed by atoms with Crippen LogP contribution in [0, 0.1) is 0 Å². The lowest BCUT2D eigenvalue weighted by molar-refractivity contribution is -0.138. The molecule has 0 atom stereocenters. The molecule has 21 heavy (non-hydrogen) atoms. The predicted octanol–water partition coefficient (Wildman–Crippen LogP) is 2.79. The van der Waals surface area contributed by atoms with E-state index in [0.29, 0.717) is 13.0 Å². The lowest BCUT2D eigenvalue weighted by Crippen LogP contribution is -2.36. The highest BCUT2D eigenvalue weighted by molar-refractivity contribution is 9.10. The van der Waals surface area contributed by atoms with Crippen molar-refractivity contribution in [2.24, 2.45) is 0 Å². The first-order valence-electron chi connectivity index (χ1n) is 7.22.